The minimum Gasteiger partial charge on any atom is -0.632 e. The maximum Gasteiger partial charge on any atom is 0.140 e. The second-order valence-corrected chi connectivity index (χ2v) is 4.08. The SMILES string of the molecule is C#CC[N@+](C)([O-])[C@H](C)Cc1ccccc1. The lowest BCUT2D eigenvalue weighted by molar-refractivity contribution is -0.877. The van der Waals surface area contributed by atoms with Gasteiger partial charge in [-0.25, -0.2) is 0 Å². The highest BCUT2D eigenvalue weighted by Crippen LogP contribution is 2.13. The standard InChI is InChI=1S/C13H17NO/c1-4-10-14(3,15)12(2)11-13-8-6-5-7-9-13/h1,5-9,12H,10-11H2,2-3H3/t12-,14+/m1/s1. The monoisotopic (exact) mass is 203 g/mol. The van der Waals surface area contributed by atoms with E-state index in [1.54, 1.807) is 7.05 Å². The van der Waals surface area contributed by atoms with Crippen LogP contribution in [0.2, 0.25) is 0 Å². The van der Waals surface area contributed by atoms with Crippen molar-refractivity contribution in [2.24, 2.45) is 0 Å². The van der Waals surface area contributed by atoms with Crippen molar-refractivity contribution in [3.05, 3.63) is 41.1 Å². The van der Waals surface area contributed by atoms with Gasteiger partial charge in [0.25, 0.3) is 0 Å². The Morgan fingerprint density at radius 3 is 2.53 bits per heavy atom. The summed E-state index contributed by atoms with van der Waals surface area (Å²) in [7, 11) is 1.63. The van der Waals surface area contributed by atoms with Crippen molar-refractivity contribution in [3.63, 3.8) is 0 Å². The Bertz CT molecular complexity index is 337. The summed E-state index contributed by atoms with van der Waals surface area (Å²) in [6, 6.07) is 10.00. The van der Waals surface area contributed by atoms with E-state index < -0.39 is 0 Å². The zero-order valence-corrected chi connectivity index (χ0v) is 9.31. The van der Waals surface area contributed by atoms with Crippen LogP contribution in [0.4, 0.5) is 0 Å². The van der Waals surface area contributed by atoms with E-state index in [2.05, 4.69) is 5.92 Å². The molecule has 0 amide bonds. The highest BCUT2D eigenvalue weighted by molar-refractivity contribution is 5.15. The molecule has 0 spiro atoms. The number of nitrogens with zero attached hydrogens (tertiary/aromatic N) is 1. The number of hydroxylamine groups is 3. The fourth-order valence-corrected chi connectivity index (χ4v) is 1.49. The highest BCUT2D eigenvalue weighted by atomic mass is 16.5. The minimum absolute atomic E-state index is 0.0107. The van der Waals surface area contributed by atoms with Crippen LogP contribution in [-0.2, 0) is 6.42 Å². The zero-order chi connectivity index (χ0) is 11.3. The van der Waals surface area contributed by atoms with Crippen molar-refractivity contribution in [3.8, 4) is 12.3 Å². The molecule has 0 fully saturated rings. The maximum atomic E-state index is 12.0. The molecule has 0 heterocycles. The first kappa shape index (κ1) is 11.8. The van der Waals surface area contributed by atoms with Crippen molar-refractivity contribution in [2.45, 2.75) is 19.4 Å². The van der Waals surface area contributed by atoms with E-state index >= 15 is 0 Å². The van der Waals surface area contributed by atoms with E-state index in [4.69, 9.17) is 6.42 Å². The van der Waals surface area contributed by atoms with Crippen LogP contribution in [-0.4, -0.2) is 24.3 Å². The van der Waals surface area contributed by atoms with Crippen LogP contribution >= 0.6 is 0 Å². The summed E-state index contributed by atoms with van der Waals surface area (Å²) in [5.41, 5.74) is 1.18. The fourth-order valence-electron chi connectivity index (χ4n) is 1.49. The van der Waals surface area contributed by atoms with Crippen LogP contribution in [0.5, 0.6) is 0 Å². The van der Waals surface area contributed by atoms with E-state index in [1.807, 2.05) is 37.3 Å². The molecular formula is C13H17NO. The topological polar surface area (TPSA) is 23.1 Å². The number of hydrogen-bond donors (Lipinski definition) is 0. The van der Waals surface area contributed by atoms with Gasteiger partial charge < -0.3 is 9.85 Å². The molecule has 2 nitrogen and oxygen atoms in total. The molecule has 0 aliphatic carbocycles. The predicted octanol–water partition coefficient (Wildman–Crippen LogP) is 2.20. The normalized spacial score (nSPS) is 16.4. The average molecular weight is 203 g/mol. The molecule has 0 N–H and O–H groups in total. The Hall–Kier alpha value is -1.30. The maximum absolute atomic E-state index is 12.0. The Morgan fingerprint density at radius 2 is 2.00 bits per heavy atom. The zero-order valence-electron chi connectivity index (χ0n) is 9.31. The second kappa shape index (κ2) is 4.97. The summed E-state index contributed by atoms with van der Waals surface area (Å²) < 4.78 is -0.370. The lowest BCUT2D eigenvalue weighted by atomic mass is 10.1. The molecular weight excluding hydrogens is 186 g/mol. The van der Waals surface area contributed by atoms with Crippen LogP contribution in [0.25, 0.3) is 0 Å². The third-order valence-corrected chi connectivity index (χ3v) is 2.71. The first-order chi connectivity index (χ1) is 7.06. The second-order valence-electron chi connectivity index (χ2n) is 4.08. The van der Waals surface area contributed by atoms with Gasteiger partial charge in [-0.2, -0.15) is 0 Å². The van der Waals surface area contributed by atoms with Crippen LogP contribution in [0.15, 0.2) is 30.3 Å². The van der Waals surface area contributed by atoms with Crippen molar-refractivity contribution < 1.29 is 4.65 Å². The minimum atomic E-state index is -0.370. The number of likely N-dealkylation sites (N-methyl/N-ethyl adjacent to an activating group) is 1. The summed E-state index contributed by atoms with van der Waals surface area (Å²) >= 11 is 0. The van der Waals surface area contributed by atoms with Gasteiger partial charge in [0, 0.05) is 6.42 Å². The largest absolute Gasteiger partial charge is 0.632 e. The van der Waals surface area contributed by atoms with Gasteiger partial charge in [0.15, 0.2) is 0 Å². The number of rotatable bonds is 4. The summed E-state index contributed by atoms with van der Waals surface area (Å²) in [5.74, 6) is 2.43. The first-order valence-electron chi connectivity index (χ1n) is 5.10. The van der Waals surface area contributed by atoms with E-state index in [0.29, 0.717) is 0 Å². The highest BCUT2D eigenvalue weighted by Gasteiger charge is 2.18. The van der Waals surface area contributed by atoms with Crippen LogP contribution in [0.1, 0.15) is 12.5 Å². The molecule has 0 unspecified atom stereocenters. The van der Waals surface area contributed by atoms with Crippen molar-refractivity contribution >= 4 is 0 Å². The molecule has 2 atom stereocenters. The molecule has 2 heteroatoms. The molecule has 1 rings (SSSR count). The van der Waals surface area contributed by atoms with E-state index in [1.165, 1.54) is 5.56 Å². The van der Waals surface area contributed by atoms with E-state index in [9.17, 15) is 5.21 Å². The van der Waals surface area contributed by atoms with Gasteiger partial charge in [0.05, 0.1) is 13.1 Å². The van der Waals surface area contributed by atoms with Crippen LogP contribution < -0.4 is 0 Å². The Balaban J connectivity index is 2.64. The van der Waals surface area contributed by atoms with Crippen LogP contribution in [0, 0.1) is 17.6 Å². The van der Waals surface area contributed by atoms with Gasteiger partial charge in [0.1, 0.15) is 6.54 Å². The molecule has 0 bridgehead atoms. The molecule has 0 aliphatic rings. The van der Waals surface area contributed by atoms with Crippen molar-refractivity contribution in [2.75, 3.05) is 13.6 Å². The molecule has 1 aromatic carbocycles. The molecule has 1 aromatic rings. The molecule has 15 heavy (non-hydrogen) atoms. The Labute approximate surface area is 91.7 Å². The summed E-state index contributed by atoms with van der Waals surface area (Å²) in [6.07, 6.45) is 5.95. The molecule has 0 saturated carbocycles. The van der Waals surface area contributed by atoms with Crippen LogP contribution in [0.3, 0.4) is 0 Å². The Morgan fingerprint density at radius 1 is 1.40 bits per heavy atom. The van der Waals surface area contributed by atoms with Gasteiger partial charge in [-0.15, -0.1) is 6.42 Å². The molecule has 0 aromatic heterocycles. The quantitative estimate of drug-likeness (QED) is 0.418. The number of benzene rings is 1. The van der Waals surface area contributed by atoms with E-state index in [-0.39, 0.29) is 17.2 Å². The summed E-state index contributed by atoms with van der Waals surface area (Å²) in [6.45, 7) is 2.17. The predicted molar refractivity (Wildman–Crippen MR) is 62.9 cm³/mol. The summed E-state index contributed by atoms with van der Waals surface area (Å²) in [5, 5.41) is 12.0. The smallest absolute Gasteiger partial charge is 0.140 e. The van der Waals surface area contributed by atoms with Gasteiger partial charge in [-0.3, -0.25) is 0 Å². The molecule has 0 saturated heterocycles. The average Bonchev–Trinajstić information content (AvgIpc) is 2.19. The Kier molecular flexibility index (Phi) is 3.90. The third kappa shape index (κ3) is 3.39. The lowest BCUT2D eigenvalue weighted by Gasteiger charge is -2.42. The lowest BCUT2D eigenvalue weighted by Crippen LogP contribution is -2.46. The van der Waals surface area contributed by atoms with Crippen molar-refractivity contribution in [1.82, 2.24) is 0 Å². The number of hydrogen-bond acceptors (Lipinski definition) is 1. The number of terminal acetylenes is 1. The summed E-state index contributed by atoms with van der Waals surface area (Å²) in [4.78, 5) is 0. The van der Waals surface area contributed by atoms with Gasteiger partial charge >= 0.3 is 0 Å². The van der Waals surface area contributed by atoms with E-state index in [0.717, 1.165) is 6.42 Å². The van der Waals surface area contributed by atoms with Crippen molar-refractivity contribution in [1.29, 1.82) is 0 Å². The van der Waals surface area contributed by atoms with Gasteiger partial charge in [-0.1, -0.05) is 30.3 Å². The first-order valence-corrected chi connectivity index (χ1v) is 5.10. The fraction of sp³-hybridized carbons (Fsp3) is 0.385. The number of quaternary nitrogens is 1. The third-order valence-electron chi connectivity index (χ3n) is 2.71. The molecule has 80 valence electrons. The van der Waals surface area contributed by atoms with Gasteiger partial charge in [0.2, 0.25) is 0 Å². The molecule has 0 aliphatic heterocycles. The van der Waals surface area contributed by atoms with Gasteiger partial charge in [-0.05, 0) is 18.4 Å². The molecule has 0 radical (unpaired) electrons.